The lowest BCUT2D eigenvalue weighted by molar-refractivity contribution is 0.823. The Kier molecular flexibility index (Phi) is 2.62. The Balaban J connectivity index is 2.07. The highest BCUT2D eigenvalue weighted by atomic mass is 15.3. The number of nitrogens with two attached hydrogens (primary N) is 1. The van der Waals surface area contributed by atoms with Gasteiger partial charge in [0.25, 0.3) is 0 Å². The molecular formula is C12H12N6. The SMILES string of the molecule is NNc1ncnc2ncn(Cc3ccccc3)c12. The molecule has 0 aliphatic rings. The van der Waals surface area contributed by atoms with Crippen LogP contribution in [-0.4, -0.2) is 19.5 Å². The molecule has 0 spiro atoms. The third-order valence-electron chi connectivity index (χ3n) is 2.74. The number of imidazole rings is 1. The number of nitrogens with one attached hydrogen (secondary N) is 1. The molecule has 90 valence electrons. The van der Waals surface area contributed by atoms with Crippen molar-refractivity contribution in [1.29, 1.82) is 0 Å². The summed E-state index contributed by atoms with van der Waals surface area (Å²) < 4.78 is 1.97. The van der Waals surface area contributed by atoms with Crippen LogP contribution in [0.1, 0.15) is 5.56 Å². The molecule has 2 heterocycles. The van der Waals surface area contributed by atoms with Crippen molar-refractivity contribution in [2.45, 2.75) is 6.54 Å². The molecule has 0 radical (unpaired) electrons. The summed E-state index contributed by atoms with van der Waals surface area (Å²) in [5.41, 5.74) is 5.20. The zero-order valence-electron chi connectivity index (χ0n) is 9.61. The predicted molar refractivity (Wildman–Crippen MR) is 68.7 cm³/mol. The Bertz CT molecular complexity index is 661. The average Bonchev–Trinajstić information content (AvgIpc) is 2.83. The van der Waals surface area contributed by atoms with Crippen LogP contribution in [0, 0.1) is 0 Å². The molecule has 18 heavy (non-hydrogen) atoms. The molecule has 3 rings (SSSR count). The smallest absolute Gasteiger partial charge is 0.183 e. The molecule has 0 atom stereocenters. The maximum Gasteiger partial charge on any atom is 0.183 e. The lowest BCUT2D eigenvalue weighted by Crippen LogP contribution is -2.11. The van der Waals surface area contributed by atoms with Gasteiger partial charge in [-0.15, -0.1) is 0 Å². The van der Waals surface area contributed by atoms with Crippen molar-refractivity contribution in [3.8, 4) is 0 Å². The lowest BCUT2D eigenvalue weighted by atomic mass is 10.2. The van der Waals surface area contributed by atoms with Crippen LogP contribution in [0.5, 0.6) is 0 Å². The molecule has 6 nitrogen and oxygen atoms in total. The number of aromatic nitrogens is 4. The minimum atomic E-state index is 0.577. The molecule has 1 aromatic carbocycles. The van der Waals surface area contributed by atoms with Gasteiger partial charge >= 0.3 is 0 Å². The van der Waals surface area contributed by atoms with Crippen LogP contribution >= 0.6 is 0 Å². The average molecular weight is 240 g/mol. The minimum absolute atomic E-state index is 0.577. The molecule has 3 N–H and O–H groups in total. The summed E-state index contributed by atoms with van der Waals surface area (Å²) in [6.07, 6.45) is 3.19. The van der Waals surface area contributed by atoms with Gasteiger partial charge in [-0.05, 0) is 5.56 Å². The van der Waals surface area contributed by atoms with Gasteiger partial charge < -0.3 is 9.99 Å². The van der Waals surface area contributed by atoms with E-state index in [1.165, 1.54) is 11.9 Å². The molecule has 0 amide bonds. The number of nitrogen functional groups attached to an aromatic ring is 1. The van der Waals surface area contributed by atoms with Gasteiger partial charge in [0, 0.05) is 6.54 Å². The van der Waals surface area contributed by atoms with Crippen LogP contribution in [0.3, 0.4) is 0 Å². The molecule has 0 saturated heterocycles. The zero-order chi connectivity index (χ0) is 12.4. The van der Waals surface area contributed by atoms with Gasteiger partial charge in [0.1, 0.15) is 11.8 Å². The number of hydrazine groups is 1. The Morgan fingerprint density at radius 2 is 1.94 bits per heavy atom. The van der Waals surface area contributed by atoms with E-state index in [1.807, 2.05) is 22.8 Å². The Labute approximate surface area is 103 Å². The second kappa shape index (κ2) is 4.42. The molecule has 0 aliphatic heterocycles. The van der Waals surface area contributed by atoms with Gasteiger partial charge in [-0.2, -0.15) is 0 Å². The fraction of sp³-hybridized carbons (Fsp3) is 0.0833. The van der Waals surface area contributed by atoms with E-state index in [9.17, 15) is 0 Å². The highest BCUT2D eigenvalue weighted by Gasteiger charge is 2.09. The van der Waals surface area contributed by atoms with Gasteiger partial charge in [-0.1, -0.05) is 30.3 Å². The van der Waals surface area contributed by atoms with Crippen LogP contribution in [0.15, 0.2) is 43.0 Å². The van der Waals surface area contributed by atoms with E-state index in [1.54, 1.807) is 6.33 Å². The Hall–Kier alpha value is -2.47. The standard InChI is InChI=1S/C12H12N6/c13-17-12-10-11(14-7-15-12)16-8-18(10)6-9-4-2-1-3-5-9/h1-5,7-8H,6,13H2,(H,14,15,17). The van der Waals surface area contributed by atoms with Gasteiger partial charge in [0.15, 0.2) is 11.5 Å². The van der Waals surface area contributed by atoms with Crippen LogP contribution in [0.4, 0.5) is 5.82 Å². The van der Waals surface area contributed by atoms with Crippen LogP contribution < -0.4 is 11.3 Å². The molecule has 0 unspecified atom stereocenters. The quantitative estimate of drug-likeness (QED) is 0.530. The normalized spacial score (nSPS) is 10.7. The predicted octanol–water partition coefficient (Wildman–Crippen LogP) is 1.16. The number of rotatable bonds is 3. The summed E-state index contributed by atoms with van der Waals surface area (Å²) in [6, 6.07) is 10.1. The van der Waals surface area contributed by atoms with E-state index in [4.69, 9.17) is 5.84 Å². The third-order valence-corrected chi connectivity index (χ3v) is 2.74. The summed E-state index contributed by atoms with van der Waals surface area (Å²) in [4.78, 5) is 12.4. The van der Waals surface area contributed by atoms with Crippen LogP contribution in [-0.2, 0) is 6.54 Å². The molecule has 0 bridgehead atoms. The summed E-state index contributed by atoms with van der Waals surface area (Å²) in [7, 11) is 0. The third kappa shape index (κ3) is 1.78. The van der Waals surface area contributed by atoms with E-state index >= 15 is 0 Å². The summed E-state index contributed by atoms with van der Waals surface area (Å²) in [5.74, 6) is 6.03. The summed E-state index contributed by atoms with van der Waals surface area (Å²) in [6.45, 7) is 0.708. The van der Waals surface area contributed by atoms with Crippen molar-refractivity contribution in [3.63, 3.8) is 0 Å². The van der Waals surface area contributed by atoms with Crippen molar-refractivity contribution in [3.05, 3.63) is 48.5 Å². The highest BCUT2D eigenvalue weighted by molar-refractivity contribution is 5.82. The number of hydrogen-bond donors (Lipinski definition) is 2. The second-order valence-electron chi connectivity index (χ2n) is 3.90. The molecule has 3 aromatic rings. The van der Waals surface area contributed by atoms with E-state index in [0.29, 0.717) is 18.0 Å². The number of nitrogens with zero attached hydrogens (tertiary/aromatic N) is 4. The van der Waals surface area contributed by atoms with Crippen molar-refractivity contribution < 1.29 is 0 Å². The minimum Gasteiger partial charge on any atom is -0.322 e. The maximum atomic E-state index is 5.46. The maximum absolute atomic E-state index is 5.46. The fourth-order valence-corrected chi connectivity index (χ4v) is 1.92. The molecule has 0 fully saturated rings. The number of benzene rings is 1. The van der Waals surface area contributed by atoms with Gasteiger partial charge in [-0.3, -0.25) is 0 Å². The largest absolute Gasteiger partial charge is 0.322 e. The van der Waals surface area contributed by atoms with E-state index in [-0.39, 0.29) is 0 Å². The topological polar surface area (TPSA) is 81.7 Å². The van der Waals surface area contributed by atoms with Gasteiger partial charge in [-0.25, -0.2) is 20.8 Å². The van der Waals surface area contributed by atoms with Crippen molar-refractivity contribution >= 4 is 17.0 Å². The summed E-state index contributed by atoms with van der Waals surface area (Å²) >= 11 is 0. The van der Waals surface area contributed by atoms with Gasteiger partial charge in [0.05, 0.1) is 6.33 Å². The number of hydrogen-bond acceptors (Lipinski definition) is 5. The lowest BCUT2D eigenvalue weighted by Gasteiger charge is -2.06. The molecule has 0 aliphatic carbocycles. The number of anilines is 1. The van der Waals surface area contributed by atoms with E-state index in [2.05, 4.69) is 32.5 Å². The van der Waals surface area contributed by atoms with Crippen molar-refractivity contribution in [1.82, 2.24) is 19.5 Å². The van der Waals surface area contributed by atoms with Gasteiger partial charge in [0.2, 0.25) is 0 Å². The zero-order valence-corrected chi connectivity index (χ0v) is 9.61. The first kappa shape index (κ1) is 10.7. The first-order valence-corrected chi connectivity index (χ1v) is 5.55. The Morgan fingerprint density at radius 3 is 2.72 bits per heavy atom. The first-order chi connectivity index (χ1) is 8.88. The van der Waals surface area contributed by atoms with Crippen molar-refractivity contribution in [2.24, 2.45) is 5.84 Å². The van der Waals surface area contributed by atoms with Crippen LogP contribution in [0.25, 0.3) is 11.2 Å². The first-order valence-electron chi connectivity index (χ1n) is 5.55. The van der Waals surface area contributed by atoms with E-state index in [0.717, 1.165) is 5.52 Å². The highest BCUT2D eigenvalue weighted by Crippen LogP contribution is 2.18. The molecule has 0 saturated carbocycles. The molecule has 2 aromatic heterocycles. The second-order valence-corrected chi connectivity index (χ2v) is 3.90. The Morgan fingerprint density at radius 1 is 1.11 bits per heavy atom. The fourth-order valence-electron chi connectivity index (χ4n) is 1.92. The monoisotopic (exact) mass is 240 g/mol. The summed E-state index contributed by atoms with van der Waals surface area (Å²) in [5, 5.41) is 0. The molecular weight excluding hydrogens is 228 g/mol. The van der Waals surface area contributed by atoms with Crippen molar-refractivity contribution in [2.75, 3.05) is 5.43 Å². The number of fused-ring (bicyclic) bond motifs is 1. The van der Waals surface area contributed by atoms with Crippen LogP contribution in [0.2, 0.25) is 0 Å². The van der Waals surface area contributed by atoms with E-state index < -0.39 is 0 Å². The molecule has 6 heteroatoms.